The highest BCUT2D eigenvalue weighted by Crippen LogP contribution is 2.28. The number of hydrogen-bond acceptors (Lipinski definition) is 2. The monoisotopic (exact) mass is 372 g/mol. The van der Waals surface area contributed by atoms with Crippen molar-refractivity contribution in [1.29, 1.82) is 0 Å². The molecular formula is C21H19F3N2O. The third-order valence-corrected chi connectivity index (χ3v) is 4.41. The first-order chi connectivity index (χ1) is 12.8. The Kier molecular flexibility index (Phi) is 5.17. The Hall–Kier alpha value is -2.89. The summed E-state index contributed by atoms with van der Waals surface area (Å²) in [4.78, 5) is 16.5. The van der Waals surface area contributed by atoms with Gasteiger partial charge >= 0.3 is 6.18 Å². The largest absolute Gasteiger partial charge is 0.393 e. The first-order valence-electron chi connectivity index (χ1n) is 8.53. The SMILES string of the molecule is CNC(=O)Cc1cccc2c(C)cc(-c3ccc(CC(F)(F)F)cc3)nc12. The molecule has 0 saturated carbocycles. The molecule has 0 unspecified atom stereocenters. The molecular weight excluding hydrogens is 353 g/mol. The van der Waals surface area contributed by atoms with Crippen molar-refractivity contribution in [2.24, 2.45) is 0 Å². The van der Waals surface area contributed by atoms with Crippen LogP contribution in [-0.2, 0) is 17.6 Å². The van der Waals surface area contributed by atoms with Crippen LogP contribution in [0, 0.1) is 6.92 Å². The van der Waals surface area contributed by atoms with Crippen LogP contribution in [0.1, 0.15) is 16.7 Å². The van der Waals surface area contributed by atoms with Gasteiger partial charge in [-0.1, -0.05) is 42.5 Å². The number of likely N-dealkylation sites (N-methyl/N-ethyl adjacent to an activating group) is 1. The third kappa shape index (κ3) is 4.45. The van der Waals surface area contributed by atoms with Gasteiger partial charge in [0.1, 0.15) is 0 Å². The number of nitrogens with zero attached hydrogens (tertiary/aromatic N) is 1. The Balaban J connectivity index is 2.02. The lowest BCUT2D eigenvalue weighted by Crippen LogP contribution is -2.20. The number of rotatable bonds is 4. The Labute approximate surface area is 155 Å². The molecule has 3 nitrogen and oxygen atoms in total. The number of fused-ring (bicyclic) bond motifs is 1. The number of benzene rings is 2. The van der Waals surface area contributed by atoms with Gasteiger partial charge in [0.25, 0.3) is 0 Å². The van der Waals surface area contributed by atoms with Gasteiger partial charge in [-0.25, -0.2) is 4.98 Å². The van der Waals surface area contributed by atoms with E-state index in [2.05, 4.69) is 5.32 Å². The van der Waals surface area contributed by atoms with Gasteiger partial charge < -0.3 is 5.32 Å². The van der Waals surface area contributed by atoms with E-state index in [9.17, 15) is 18.0 Å². The van der Waals surface area contributed by atoms with Crippen LogP contribution < -0.4 is 5.32 Å². The van der Waals surface area contributed by atoms with E-state index in [4.69, 9.17) is 4.98 Å². The average Bonchev–Trinajstić information content (AvgIpc) is 2.61. The molecule has 0 aliphatic heterocycles. The maximum absolute atomic E-state index is 12.5. The zero-order valence-corrected chi connectivity index (χ0v) is 15.0. The zero-order chi connectivity index (χ0) is 19.6. The summed E-state index contributed by atoms with van der Waals surface area (Å²) >= 11 is 0. The molecule has 0 fully saturated rings. The molecule has 140 valence electrons. The Morgan fingerprint density at radius 2 is 1.81 bits per heavy atom. The minimum absolute atomic E-state index is 0.108. The van der Waals surface area contributed by atoms with Crippen molar-refractivity contribution >= 4 is 16.8 Å². The lowest BCUT2D eigenvalue weighted by atomic mass is 10.00. The molecule has 0 atom stereocenters. The molecule has 1 amide bonds. The second-order valence-corrected chi connectivity index (χ2v) is 6.48. The molecule has 0 aliphatic carbocycles. The van der Waals surface area contributed by atoms with E-state index in [1.807, 2.05) is 31.2 Å². The fourth-order valence-corrected chi connectivity index (χ4v) is 3.05. The molecule has 0 aliphatic rings. The molecule has 0 bridgehead atoms. The van der Waals surface area contributed by atoms with Crippen LogP contribution in [0.25, 0.3) is 22.2 Å². The van der Waals surface area contributed by atoms with E-state index in [-0.39, 0.29) is 17.9 Å². The molecule has 0 saturated heterocycles. The maximum atomic E-state index is 12.5. The average molecular weight is 372 g/mol. The molecule has 1 aromatic heterocycles. The fraction of sp³-hybridized carbons (Fsp3) is 0.238. The lowest BCUT2D eigenvalue weighted by molar-refractivity contribution is -0.127. The number of alkyl halides is 3. The van der Waals surface area contributed by atoms with Crippen LogP contribution in [0.3, 0.4) is 0 Å². The summed E-state index contributed by atoms with van der Waals surface area (Å²) < 4.78 is 37.6. The summed E-state index contributed by atoms with van der Waals surface area (Å²) in [6, 6.07) is 13.8. The van der Waals surface area contributed by atoms with Gasteiger partial charge in [-0.05, 0) is 29.7 Å². The van der Waals surface area contributed by atoms with E-state index < -0.39 is 12.6 Å². The van der Waals surface area contributed by atoms with Gasteiger partial charge in [0.2, 0.25) is 5.91 Å². The van der Waals surface area contributed by atoms with E-state index in [1.165, 1.54) is 12.1 Å². The summed E-state index contributed by atoms with van der Waals surface area (Å²) in [5.74, 6) is -0.108. The number of aromatic nitrogens is 1. The number of pyridine rings is 1. The lowest BCUT2D eigenvalue weighted by Gasteiger charge is -2.11. The van der Waals surface area contributed by atoms with Gasteiger partial charge in [0.05, 0.1) is 24.1 Å². The van der Waals surface area contributed by atoms with Crippen LogP contribution in [-0.4, -0.2) is 24.1 Å². The minimum atomic E-state index is -4.23. The first kappa shape index (κ1) is 18.9. The highest BCUT2D eigenvalue weighted by Gasteiger charge is 2.27. The summed E-state index contributed by atoms with van der Waals surface area (Å²) in [6.45, 7) is 1.95. The predicted octanol–water partition coefficient (Wildman–Crippen LogP) is 4.60. The van der Waals surface area contributed by atoms with E-state index in [0.29, 0.717) is 5.69 Å². The number of hydrogen-bond donors (Lipinski definition) is 1. The van der Waals surface area contributed by atoms with Crippen LogP contribution >= 0.6 is 0 Å². The molecule has 0 spiro atoms. The second kappa shape index (κ2) is 7.39. The Bertz CT molecular complexity index is 979. The molecule has 3 rings (SSSR count). The van der Waals surface area contributed by atoms with Crippen molar-refractivity contribution in [3.8, 4) is 11.3 Å². The van der Waals surface area contributed by atoms with Crippen molar-refractivity contribution in [2.45, 2.75) is 25.9 Å². The van der Waals surface area contributed by atoms with Crippen molar-refractivity contribution in [3.63, 3.8) is 0 Å². The fourth-order valence-electron chi connectivity index (χ4n) is 3.05. The van der Waals surface area contributed by atoms with Crippen molar-refractivity contribution in [2.75, 3.05) is 7.05 Å². The van der Waals surface area contributed by atoms with Crippen molar-refractivity contribution < 1.29 is 18.0 Å². The molecule has 0 radical (unpaired) electrons. The number of amides is 1. The summed E-state index contributed by atoms with van der Waals surface area (Å²) in [5, 5.41) is 3.56. The molecule has 6 heteroatoms. The molecule has 2 aromatic carbocycles. The van der Waals surface area contributed by atoms with Gasteiger partial charge in [0.15, 0.2) is 0 Å². The predicted molar refractivity (Wildman–Crippen MR) is 99.4 cm³/mol. The quantitative estimate of drug-likeness (QED) is 0.727. The third-order valence-electron chi connectivity index (χ3n) is 4.41. The molecule has 1 N–H and O–H groups in total. The number of carbonyl (C=O) groups is 1. The van der Waals surface area contributed by atoms with Gasteiger partial charge in [-0.2, -0.15) is 13.2 Å². The van der Waals surface area contributed by atoms with Crippen molar-refractivity contribution in [3.05, 3.63) is 65.2 Å². The minimum Gasteiger partial charge on any atom is -0.359 e. The number of halogens is 3. The number of nitrogens with one attached hydrogen (secondary N) is 1. The van der Waals surface area contributed by atoms with E-state index in [0.717, 1.165) is 27.6 Å². The maximum Gasteiger partial charge on any atom is 0.393 e. The van der Waals surface area contributed by atoms with Crippen LogP contribution in [0.2, 0.25) is 0 Å². The summed E-state index contributed by atoms with van der Waals surface area (Å²) in [6.07, 6.45) is -4.96. The number of aryl methyl sites for hydroxylation is 1. The van der Waals surface area contributed by atoms with E-state index in [1.54, 1.807) is 19.2 Å². The Morgan fingerprint density at radius 1 is 1.11 bits per heavy atom. The number of carbonyl (C=O) groups excluding carboxylic acids is 1. The highest BCUT2D eigenvalue weighted by atomic mass is 19.4. The normalized spacial score (nSPS) is 11.6. The zero-order valence-electron chi connectivity index (χ0n) is 15.0. The standard InChI is InChI=1S/C21H19F3N2O/c1-13-10-18(15-8-6-14(7-9-15)12-21(22,23)24)26-20-16(11-19(27)25-2)4-3-5-17(13)20/h3-10H,11-12H2,1-2H3,(H,25,27). The summed E-state index contributed by atoms with van der Waals surface area (Å²) in [7, 11) is 1.58. The van der Waals surface area contributed by atoms with Crippen LogP contribution in [0.4, 0.5) is 13.2 Å². The van der Waals surface area contributed by atoms with Crippen molar-refractivity contribution in [1.82, 2.24) is 10.3 Å². The number of para-hydroxylation sites is 1. The molecule has 27 heavy (non-hydrogen) atoms. The summed E-state index contributed by atoms with van der Waals surface area (Å²) in [5.41, 5.74) is 4.15. The van der Waals surface area contributed by atoms with Gasteiger partial charge in [-0.15, -0.1) is 0 Å². The van der Waals surface area contributed by atoms with Gasteiger partial charge in [-0.3, -0.25) is 4.79 Å². The van der Waals surface area contributed by atoms with Crippen LogP contribution in [0.15, 0.2) is 48.5 Å². The molecule has 3 aromatic rings. The topological polar surface area (TPSA) is 42.0 Å². The molecule has 1 heterocycles. The second-order valence-electron chi connectivity index (χ2n) is 6.48. The van der Waals surface area contributed by atoms with Gasteiger partial charge in [0, 0.05) is 18.0 Å². The first-order valence-corrected chi connectivity index (χ1v) is 8.53. The Morgan fingerprint density at radius 3 is 2.44 bits per heavy atom. The van der Waals surface area contributed by atoms with Crippen LogP contribution in [0.5, 0.6) is 0 Å². The smallest absolute Gasteiger partial charge is 0.359 e. The van der Waals surface area contributed by atoms with E-state index >= 15 is 0 Å². The highest BCUT2D eigenvalue weighted by molar-refractivity contribution is 5.91.